The van der Waals surface area contributed by atoms with Crippen LogP contribution in [-0.2, 0) is 0 Å². The molecule has 0 aliphatic heterocycles. The molecule has 0 saturated heterocycles. The zero-order chi connectivity index (χ0) is 12.7. The van der Waals surface area contributed by atoms with Gasteiger partial charge in [0.05, 0.1) is 0 Å². The van der Waals surface area contributed by atoms with Gasteiger partial charge < -0.3 is 10.2 Å². The number of hydrogen-bond donors (Lipinski definition) is 1. The highest BCUT2D eigenvalue weighted by Gasteiger charge is 2.28. The van der Waals surface area contributed by atoms with Gasteiger partial charge in [-0.25, -0.2) is 0 Å². The summed E-state index contributed by atoms with van der Waals surface area (Å²) in [5, 5.41) is 3.73. The van der Waals surface area contributed by atoms with Gasteiger partial charge in [-0.2, -0.15) is 11.8 Å². The van der Waals surface area contributed by atoms with Crippen molar-refractivity contribution < 1.29 is 0 Å². The summed E-state index contributed by atoms with van der Waals surface area (Å²) in [6.45, 7) is 7.05. The average Bonchev–Trinajstić information content (AvgIpc) is 2.74. The van der Waals surface area contributed by atoms with Gasteiger partial charge in [-0.1, -0.05) is 13.3 Å². The molecule has 1 fully saturated rings. The van der Waals surface area contributed by atoms with Crippen molar-refractivity contribution in [3.63, 3.8) is 0 Å². The maximum atomic E-state index is 3.73. The second-order valence-electron chi connectivity index (χ2n) is 5.50. The highest BCUT2D eigenvalue weighted by molar-refractivity contribution is 7.98. The van der Waals surface area contributed by atoms with Crippen molar-refractivity contribution in [1.82, 2.24) is 10.2 Å². The summed E-state index contributed by atoms with van der Waals surface area (Å²) in [6, 6.07) is 1.48. The molecule has 0 bridgehead atoms. The van der Waals surface area contributed by atoms with Crippen molar-refractivity contribution >= 4 is 11.8 Å². The molecule has 0 aromatic heterocycles. The lowest BCUT2D eigenvalue weighted by Crippen LogP contribution is -2.41. The van der Waals surface area contributed by atoms with Crippen LogP contribution in [0.25, 0.3) is 0 Å². The van der Waals surface area contributed by atoms with Crippen LogP contribution in [0.4, 0.5) is 0 Å². The zero-order valence-corrected chi connectivity index (χ0v) is 12.9. The van der Waals surface area contributed by atoms with E-state index in [0.29, 0.717) is 6.04 Å². The predicted molar refractivity (Wildman–Crippen MR) is 79.9 cm³/mol. The molecule has 102 valence electrons. The maximum Gasteiger partial charge on any atom is 0.0155 e. The fraction of sp³-hybridized carbons (Fsp3) is 1.00. The molecule has 1 rings (SSSR count). The zero-order valence-electron chi connectivity index (χ0n) is 12.0. The summed E-state index contributed by atoms with van der Waals surface area (Å²) in [5.74, 6) is 2.12. The molecule has 1 aliphatic rings. The molecular formula is C14H30N2S. The summed E-state index contributed by atoms with van der Waals surface area (Å²) < 4.78 is 0. The van der Waals surface area contributed by atoms with Crippen LogP contribution in [0.5, 0.6) is 0 Å². The first-order valence-electron chi connectivity index (χ1n) is 7.11. The van der Waals surface area contributed by atoms with E-state index in [0.717, 1.165) is 12.0 Å². The van der Waals surface area contributed by atoms with E-state index in [-0.39, 0.29) is 0 Å². The predicted octanol–water partition coefficient (Wildman–Crippen LogP) is 2.84. The van der Waals surface area contributed by atoms with E-state index in [1.54, 1.807) is 0 Å². The third kappa shape index (κ3) is 5.19. The molecule has 1 aliphatic carbocycles. The number of rotatable bonds is 8. The van der Waals surface area contributed by atoms with Crippen LogP contribution in [0.15, 0.2) is 0 Å². The van der Waals surface area contributed by atoms with Crippen LogP contribution in [-0.4, -0.2) is 49.1 Å². The molecule has 0 aromatic rings. The summed E-state index contributed by atoms with van der Waals surface area (Å²) in [6.07, 6.45) is 7.66. The molecule has 3 atom stereocenters. The van der Waals surface area contributed by atoms with E-state index in [4.69, 9.17) is 0 Å². The molecule has 0 radical (unpaired) electrons. The second kappa shape index (κ2) is 8.39. The summed E-state index contributed by atoms with van der Waals surface area (Å²) in [5.41, 5.74) is 0. The Bertz CT molecular complexity index is 199. The SMILES string of the molecule is CCCNC1CCCC1CN(C)C(C)CSC. The second-order valence-corrected chi connectivity index (χ2v) is 6.41. The largest absolute Gasteiger partial charge is 0.314 e. The Morgan fingerprint density at radius 1 is 1.41 bits per heavy atom. The van der Waals surface area contributed by atoms with Crippen molar-refractivity contribution in [1.29, 1.82) is 0 Å². The minimum Gasteiger partial charge on any atom is -0.314 e. The van der Waals surface area contributed by atoms with Gasteiger partial charge in [0.1, 0.15) is 0 Å². The Kier molecular flexibility index (Phi) is 7.56. The van der Waals surface area contributed by atoms with Crippen LogP contribution in [0, 0.1) is 5.92 Å². The number of hydrogen-bond acceptors (Lipinski definition) is 3. The average molecular weight is 258 g/mol. The third-order valence-corrected chi connectivity index (χ3v) is 4.81. The molecule has 17 heavy (non-hydrogen) atoms. The van der Waals surface area contributed by atoms with Gasteiger partial charge in [0.2, 0.25) is 0 Å². The van der Waals surface area contributed by atoms with Crippen LogP contribution in [0.2, 0.25) is 0 Å². The number of thioether (sulfide) groups is 1. The van der Waals surface area contributed by atoms with Crippen LogP contribution < -0.4 is 5.32 Å². The van der Waals surface area contributed by atoms with Gasteiger partial charge in [0.25, 0.3) is 0 Å². The standard InChI is InChI=1S/C14H30N2S/c1-5-9-15-14-8-6-7-13(14)10-16(3)12(2)11-17-4/h12-15H,5-11H2,1-4H3. The Morgan fingerprint density at radius 2 is 2.18 bits per heavy atom. The minimum absolute atomic E-state index is 0.706. The molecule has 3 unspecified atom stereocenters. The lowest BCUT2D eigenvalue weighted by molar-refractivity contribution is 0.215. The van der Waals surface area contributed by atoms with Crippen LogP contribution in [0.3, 0.4) is 0 Å². The monoisotopic (exact) mass is 258 g/mol. The van der Waals surface area contributed by atoms with Crippen molar-refractivity contribution in [3.05, 3.63) is 0 Å². The molecule has 0 amide bonds. The normalized spacial score (nSPS) is 26.6. The molecule has 2 nitrogen and oxygen atoms in total. The first-order chi connectivity index (χ1) is 8.19. The van der Waals surface area contributed by atoms with Crippen LogP contribution >= 0.6 is 11.8 Å². The summed E-state index contributed by atoms with van der Waals surface area (Å²) in [7, 11) is 2.29. The topological polar surface area (TPSA) is 15.3 Å². The van der Waals surface area contributed by atoms with E-state index >= 15 is 0 Å². The van der Waals surface area contributed by atoms with Crippen molar-refractivity contribution in [2.45, 2.75) is 51.6 Å². The minimum atomic E-state index is 0.706. The first-order valence-corrected chi connectivity index (χ1v) is 8.51. The highest BCUT2D eigenvalue weighted by atomic mass is 32.2. The number of nitrogens with zero attached hydrogens (tertiary/aromatic N) is 1. The summed E-state index contributed by atoms with van der Waals surface area (Å²) >= 11 is 1.95. The molecule has 1 N–H and O–H groups in total. The fourth-order valence-electron chi connectivity index (χ4n) is 2.77. The highest BCUT2D eigenvalue weighted by Crippen LogP contribution is 2.26. The van der Waals surface area contributed by atoms with E-state index in [9.17, 15) is 0 Å². The molecule has 3 heteroatoms. The third-order valence-electron chi connectivity index (χ3n) is 4.00. The lowest BCUT2D eigenvalue weighted by Gasteiger charge is -2.30. The Hall–Kier alpha value is 0.270. The van der Waals surface area contributed by atoms with Gasteiger partial charge in [0.15, 0.2) is 0 Å². The van der Waals surface area contributed by atoms with Gasteiger partial charge in [-0.15, -0.1) is 0 Å². The quantitative estimate of drug-likeness (QED) is 0.721. The van der Waals surface area contributed by atoms with Gasteiger partial charge in [-0.3, -0.25) is 0 Å². The van der Waals surface area contributed by atoms with Gasteiger partial charge in [-0.05, 0) is 52.0 Å². The van der Waals surface area contributed by atoms with Gasteiger partial charge in [0, 0.05) is 24.4 Å². The Balaban J connectivity index is 2.33. The van der Waals surface area contributed by atoms with Gasteiger partial charge >= 0.3 is 0 Å². The molecule has 0 aromatic carbocycles. The molecular weight excluding hydrogens is 228 g/mol. The van der Waals surface area contributed by atoms with E-state index in [1.165, 1.54) is 44.5 Å². The van der Waals surface area contributed by atoms with E-state index in [2.05, 4.69) is 37.4 Å². The smallest absolute Gasteiger partial charge is 0.0155 e. The Morgan fingerprint density at radius 3 is 2.82 bits per heavy atom. The lowest BCUT2D eigenvalue weighted by atomic mass is 10.0. The Labute approximate surface area is 112 Å². The number of nitrogens with one attached hydrogen (secondary N) is 1. The van der Waals surface area contributed by atoms with E-state index < -0.39 is 0 Å². The molecule has 1 saturated carbocycles. The molecule has 0 spiro atoms. The molecule has 0 heterocycles. The fourth-order valence-corrected chi connectivity index (χ4v) is 3.51. The summed E-state index contributed by atoms with van der Waals surface area (Å²) in [4.78, 5) is 2.55. The maximum absolute atomic E-state index is 3.73. The van der Waals surface area contributed by atoms with Crippen LogP contribution in [0.1, 0.15) is 39.5 Å². The van der Waals surface area contributed by atoms with Crippen molar-refractivity contribution in [2.75, 3.05) is 32.1 Å². The van der Waals surface area contributed by atoms with Crippen molar-refractivity contribution in [2.24, 2.45) is 5.92 Å². The van der Waals surface area contributed by atoms with E-state index in [1.807, 2.05) is 11.8 Å². The first kappa shape index (κ1) is 15.3. The van der Waals surface area contributed by atoms with Crippen molar-refractivity contribution in [3.8, 4) is 0 Å².